The Balaban J connectivity index is 2.58. The van der Waals surface area contributed by atoms with Gasteiger partial charge in [-0.1, -0.05) is 13.3 Å². The molecule has 1 fully saturated rings. The van der Waals surface area contributed by atoms with Crippen LogP contribution < -0.4 is 5.73 Å². The van der Waals surface area contributed by atoms with Crippen molar-refractivity contribution in [1.82, 2.24) is 4.90 Å². The van der Waals surface area contributed by atoms with Crippen molar-refractivity contribution in [1.29, 1.82) is 5.41 Å². The van der Waals surface area contributed by atoms with Gasteiger partial charge in [0, 0.05) is 6.04 Å². The van der Waals surface area contributed by atoms with Crippen LogP contribution in [0.1, 0.15) is 39.5 Å². The fourth-order valence-corrected chi connectivity index (χ4v) is 2.15. The molecule has 0 aromatic heterocycles. The Morgan fingerprint density at radius 3 is 2.85 bits per heavy atom. The average Bonchev–Trinajstić information content (AvgIpc) is 2.16. The summed E-state index contributed by atoms with van der Waals surface area (Å²) in [5.41, 5.74) is 5.53. The molecule has 3 nitrogen and oxygen atoms in total. The number of piperidine rings is 1. The zero-order chi connectivity index (χ0) is 9.84. The molecular formula is C10H21N3. The van der Waals surface area contributed by atoms with E-state index in [0.29, 0.717) is 11.9 Å². The molecule has 76 valence electrons. The SMILES string of the molecule is CCC1CCCCN1C(C)C(=N)N. The Morgan fingerprint density at radius 2 is 2.31 bits per heavy atom. The van der Waals surface area contributed by atoms with Gasteiger partial charge < -0.3 is 5.73 Å². The molecule has 1 saturated heterocycles. The first-order valence-electron chi connectivity index (χ1n) is 5.26. The van der Waals surface area contributed by atoms with Gasteiger partial charge in [-0.3, -0.25) is 10.3 Å². The summed E-state index contributed by atoms with van der Waals surface area (Å²) in [4.78, 5) is 2.38. The summed E-state index contributed by atoms with van der Waals surface area (Å²) in [7, 11) is 0. The lowest BCUT2D eigenvalue weighted by atomic mass is 9.98. The summed E-state index contributed by atoms with van der Waals surface area (Å²) in [5, 5.41) is 7.44. The molecule has 0 bridgehead atoms. The molecule has 0 aromatic carbocycles. The molecule has 0 spiro atoms. The molecule has 3 N–H and O–H groups in total. The van der Waals surface area contributed by atoms with Gasteiger partial charge in [0.15, 0.2) is 0 Å². The van der Waals surface area contributed by atoms with E-state index in [9.17, 15) is 0 Å². The minimum absolute atomic E-state index is 0.130. The lowest BCUT2D eigenvalue weighted by molar-refractivity contribution is 0.128. The zero-order valence-corrected chi connectivity index (χ0v) is 8.71. The van der Waals surface area contributed by atoms with E-state index in [1.165, 1.54) is 25.7 Å². The highest BCUT2D eigenvalue weighted by molar-refractivity contribution is 5.82. The fourth-order valence-electron chi connectivity index (χ4n) is 2.15. The van der Waals surface area contributed by atoms with Gasteiger partial charge in [0.2, 0.25) is 0 Å². The van der Waals surface area contributed by atoms with Crippen LogP contribution >= 0.6 is 0 Å². The number of hydrogen-bond donors (Lipinski definition) is 2. The number of nitrogens with two attached hydrogens (primary N) is 1. The molecule has 0 amide bonds. The van der Waals surface area contributed by atoms with Crippen LogP contribution in [0.3, 0.4) is 0 Å². The zero-order valence-electron chi connectivity index (χ0n) is 8.71. The summed E-state index contributed by atoms with van der Waals surface area (Å²) in [6, 6.07) is 0.776. The fraction of sp³-hybridized carbons (Fsp3) is 0.900. The molecule has 2 atom stereocenters. The number of hydrogen-bond acceptors (Lipinski definition) is 2. The highest BCUT2D eigenvalue weighted by atomic mass is 15.2. The van der Waals surface area contributed by atoms with Crippen molar-refractivity contribution in [2.45, 2.75) is 51.6 Å². The van der Waals surface area contributed by atoms with Gasteiger partial charge >= 0.3 is 0 Å². The van der Waals surface area contributed by atoms with Crippen molar-refractivity contribution in [3.8, 4) is 0 Å². The van der Waals surface area contributed by atoms with Crippen LogP contribution in [0.5, 0.6) is 0 Å². The Morgan fingerprint density at radius 1 is 1.62 bits per heavy atom. The molecule has 3 heteroatoms. The van der Waals surface area contributed by atoms with Crippen LogP contribution in [-0.2, 0) is 0 Å². The summed E-state index contributed by atoms with van der Waals surface area (Å²) >= 11 is 0. The van der Waals surface area contributed by atoms with Gasteiger partial charge in [-0.15, -0.1) is 0 Å². The number of nitrogens with one attached hydrogen (secondary N) is 1. The second-order valence-corrected chi connectivity index (χ2v) is 3.93. The lowest BCUT2D eigenvalue weighted by Crippen LogP contribution is -2.50. The van der Waals surface area contributed by atoms with Crippen molar-refractivity contribution in [2.75, 3.05) is 6.54 Å². The maximum absolute atomic E-state index is 7.44. The molecule has 0 saturated carbocycles. The lowest BCUT2D eigenvalue weighted by Gasteiger charge is -2.38. The highest BCUT2D eigenvalue weighted by Crippen LogP contribution is 2.21. The van der Waals surface area contributed by atoms with Crippen LogP contribution in [0.15, 0.2) is 0 Å². The minimum Gasteiger partial charge on any atom is -0.386 e. The minimum atomic E-state index is 0.130. The summed E-state index contributed by atoms with van der Waals surface area (Å²) < 4.78 is 0. The van der Waals surface area contributed by atoms with Crippen LogP contribution in [0, 0.1) is 5.41 Å². The third-order valence-electron chi connectivity index (χ3n) is 3.09. The molecule has 0 radical (unpaired) electrons. The van der Waals surface area contributed by atoms with E-state index in [4.69, 9.17) is 11.1 Å². The second-order valence-electron chi connectivity index (χ2n) is 3.93. The van der Waals surface area contributed by atoms with Crippen molar-refractivity contribution >= 4 is 5.84 Å². The van der Waals surface area contributed by atoms with E-state index >= 15 is 0 Å². The molecule has 1 aliphatic heterocycles. The maximum atomic E-state index is 7.44. The molecule has 1 heterocycles. The first-order valence-corrected chi connectivity index (χ1v) is 5.26. The van der Waals surface area contributed by atoms with Crippen LogP contribution in [-0.4, -0.2) is 29.4 Å². The van der Waals surface area contributed by atoms with Crippen molar-refractivity contribution < 1.29 is 0 Å². The largest absolute Gasteiger partial charge is 0.386 e. The Bertz CT molecular complexity index is 179. The van der Waals surface area contributed by atoms with E-state index in [0.717, 1.165) is 6.54 Å². The molecule has 1 aliphatic rings. The van der Waals surface area contributed by atoms with Gasteiger partial charge in [0.05, 0.1) is 6.04 Å². The van der Waals surface area contributed by atoms with E-state index in [1.54, 1.807) is 0 Å². The van der Waals surface area contributed by atoms with Gasteiger partial charge in [-0.25, -0.2) is 0 Å². The number of nitrogens with zero attached hydrogens (tertiary/aromatic N) is 1. The Labute approximate surface area is 80.8 Å². The Hall–Kier alpha value is -0.570. The Kier molecular flexibility index (Phi) is 3.72. The van der Waals surface area contributed by atoms with Crippen molar-refractivity contribution in [2.24, 2.45) is 5.73 Å². The quantitative estimate of drug-likeness (QED) is 0.515. The average molecular weight is 183 g/mol. The van der Waals surface area contributed by atoms with Gasteiger partial charge in [0.25, 0.3) is 0 Å². The van der Waals surface area contributed by atoms with Crippen molar-refractivity contribution in [3.63, 3.8) is 0 Å². The van der Waals surface area contributed by atoms with Gasteiger partial charge in [-0.05, 0) is 32.7 Å². The van der Waals surface area contributed by atoms with E-state index in [1.807, 2.05) is 6.92 Å². The highest BCUT2D eigenvalue weighted by Gasteiger charge is 2.26. The van der Waals surface area contributed by atoms with E-state index < -0.39 is 0 Å². The second kappa shape index (κ2) is 4.61. The summed E-state index contributed by atoms with van der Waals surface area (Å²) in [6.07, 6.45) is 5.04. The predicted octanol–water partition coefficient (Wildman–Crippen LogP) is 1.58. The van der Waals surface area contributed by atoms with Gasteiger partial charge in [0.1, 0.15) is 5.84 Å². The van der Waals surface area contributed by atoms with E-state index in [2.05, 4.69) is 11.8 Å². The predicted molar refractivity (Wildman–Crippen MR) is 56.0 cm³/mol. The smallest absolute Gasteiger partial charge is 0.108 e. The van der Waals surface area contributed by atoms with Crippen LogP contribution in [0.4, 0.5) is 0 Å². The van der Waals surface area contributed by atoms with Gasteiger partial charge in [-0.2, -0.15) is 0 Å². The third kappa shape index (κ3) is 2.44. The monoisotopic (exact) mass is 183 g/mol. The first-order chi connectivity index (χ1) is 6.16. The molecule has 2 unspecified atom stereocenters. The maximum Gasteiger partial charge on any atom is 0.108 e. The van der Waals surface area contributed by atoms with Crippen LogP contribution in [0.25, 0.3) is 0 Å². The standard InChI is InChI=1S/C10H21N3/c1-3-9-6-4-5-7-13(9)8(2)10(11)12/h8-9H,3-7H2,1-2H3,(H3,11,12). The van der Waals surface area contributed by atoms with E-state index in [-0.39, 0.29) is 6.04 Å². The van der Waals surface area contributed by atoms with Crippen LogP contribution in [0.2, 0.25) is 0 Å². The number of likely N-dealkylation sites (tertiary alicyclic amines) is 1. The normalized spacial score (nSPS) is 27.1. The molecular weight excluding hydrogens is 162 g/mol. The number of amidine groups is 1. The topological polar surface area (TPSA) is 53.1 Å². The molecule has 1 rings (SSSR count). The first kappa shape index (κ1) is 10.5. The third-order valence-corrected chi connectivity index (χ3v) is 3.09. The van der Waals surface area contributed by atoms with Crippen molar-refractivity contribution in [3.05, 3.63) is 0 Å². The molecule has 0 aromatic rings. The molecule has 0 aliphatic carbocycles. The summed E-state index contributed by atoms with van der Waals surface area (Å²) in [6.45, 7) is 5.37. The summed E-state index contributed by atoms with van der Waals surface area (Å²) in [5.74, 6) is 0.306. The number of rotatable bonds is 3. The molecule has 13 heavy (non-hydrogen) atoms.